The van der Waals surface area contributed by atoms with Crippen molar-refractivity contribution in [3.8, 4) is 0 Å². The van der Waals surface area contributed by atoms with E-state index in [1.54, 1.807) is 24.3 Å². The molecular formula is C14H12ClF2N. The summed E-state index contributed by atoms with van der Waals surface area (Å²) in [5, 5.41) is 0.502. The summed E-state index contributed by atoms with van der Waals surface area (Å²) in [4.78, 5) is 0. The quantitative estimate of drug-likeness (QED) is 0.898. The number of hydrogen-bond donors (Lipinski definition) is 1. The van der Waals surface area contributed by atoms with Gasteiger partial charge in [-0.2, -0.15) is 0 Å². The van der Waals surface area contributed by atoms with Crippen molar-refractivity contribution < 1.29 is 8.78 Å². The highest BCUT2D eigenvalue weighted by Crippen LogP contribution is 2.25. The molecule has 1 atom stereocenters. The number of hydrogen-bond acceptors (Lipinski definition) is 1. The highest BCUT2D eigenvalue weighted by atomic mass is 35.5. The molecule has 4 heteroatoms. The van der Waals surface area contributed by atoms with Gasteiger partial charge in [-0.25, -0.2) is 8.78 Å². The Labute approximate surface area is 109 Å². The minimum atomic E-state index is -0.586. The van der Waals surface area contributed by atoms with E-state index in [0.717, 1.165) is 0 Å². The van der Waals surface area contributed by atoms with Crippen LogP contribution in [0.3, 0.4) is 0 Å². The molecule has 0 heterocycles. The molecule has 0 aliphatic rings. The summed E-state index contributed by atoms with van der Waals surface area (Å²) >= 11 is 6.00. The van der Waals surface area contributed by atoms with Crippen molar-refractivity contribution in [2.24, 2.45) is 5.73 Å². The van der Waals surface area contributed by atoms with Gasteiger partial charge in [0.25, 0.3) is 0 Å². The maximum atomic E-state index is 13.5. The molecule has 0 aromatic heterocycles. The molecule has 0 saturated carbocycles. The predicted molar refractivity (Wildman–Crippen MR) is 68.4 cm³/mol. The molecule has 2 aromatic rings. The van der Waals surface area contributed by atoms with Crippen LogP contribution in [0.25, 0.3) is 0 Å². The lowest BCUT2D eigenvalue weighted by Crippen LogP contribution is -2.15. The average Bonchev–Trinajstić information content (AvgIpc) is 2.34. The van der Waals surface area contributed by atoms with Crippen LogP contribution in [0, 0.1) is 11.6 Å². The van der Waals surface area contributed by atoms with Gasteiger partial charge in [0.05, 0.1) is 0 Å². The third-order valence-corrected chi connectivity index (χ3v) is 3.13. The van der Waals surface area contributed by atoms with Gasteiger partial charge in [-0.15, -0.1) is 0 Å². The van der Waals surface area contributed by atoms with E-state index in [4.69, 9.17) is 17.3 Å². The summed E-state index contributed by atoms with van der Waals surface area (Å²) in [6.45, 7) is 0. The van der Waals surface area contributed by atoms with Gasteiger partial charge in [0.2, 0.25) is 0 Å². The fraction of sp³-hybridized carbons (Fsp3) is 0.143. The van der Waals surface area contributed by atoms with Crippen molar-refractivity contribution in [1.29, 1.82) is 0 Å². The van der Waals surface area contributed by atoms with Crippen LogP contribution in [-0.4, -0.2) is 0 Å². The molecule has 0 bridgehead atoms. The summed E-state index contributed by atoms with van der Waals surface area (Å²) in [6.07, 6.45) is 0.0717. The van der Waals surface area contributed by atoms with Gasteiger partial charge >= 0.3 is 0 Å². The average molecular weight is 268 g/mol. The predicted octanol–water partition coefficient (Wildman–Crippen LogP) is 3.86. The molecule has 2 aromatic carbocycles. The van der Waals surface area contributed by atoms with E-state index in [0.29, 0.717) is 10.6 Å². The highest BCUT2D eigenvalue weighted by Gasteiger charge is 2.15. The second-order valence-corrected chi connectivity index (χ2v) is 4.44. The van der Waals surface area contributed by atoms with Crippen LogP contribution in [-0.2, 0) is 6.42 Å². The molecule has 0 aliphatic heterocycles. The van der Waals surface area contributed by atoms with Crippen LogP contribution < -0.4 is 5.73 Å². The fourth-order valence-electron chi connectivity index (χ4n) is 1.83. The molecule has 2 N–H and O–H groups in total. The Balaban J connectivity index is 2.27. The van der Waals surface area contributed by atoms with Crippen LogP contribution in [0.5, 0.6) is 0 Å². The third kappa shape index (κ3) is 2.68. The SMILES string of the molecule is NC(Cc1c(F)cccc1F)c1ccccc1Cl. The number of benzene rings is 2. The van der Waals surface area contributed by atoms with Gasteiger partial charge in [-0.1, -0.05) is 35.9 Å². The standard InChI is InChI=1S/C14H12ClF2N/c15-11-5-2-1-4-9(11)14(18)8-10-12(16)6-3-7-13(10)17/h1-7,14H,8,18H2. The number of rotatable bonds is 3. The van der Waals surface area contributed by atoms with Gasteiger partial charge in [-0.3, -0.25) is 0 Å². The first-order valence-corrected chi connectivity index (χ1v) is 5.90. The second-order valence-electron chi connectivity index (χ2n) is 4.03. The number of halogens is 3. The van der Waals surface area contributed by atoms with E-state index < -0.39 is 17.7 Å². The van der Waals surface area contributed by atoms with E-state index in [2.05, 4.69) is 0 Å². The Morgan fingerprint density at radius 2 is 1.61 bits per heavy atom. The Morgan fingerprint density at radius 3 is 2.22 bits per heavy atom. The summed E-state index contributed by atoms with van der Waals surface area (Å²) in [7, 11) is 0. The largest absolute Gasteiger partial charge is 0.324 e. The maximum Gasteiger partial charge on any atom is 0.129 e. The lowest BCUT2D eigenvalue weighted by Gasteiger charge is -2.14. The smallest absolute Gasteiger partial charge is 0.129 e. The number of nitrogens with two attached hydrogens (primary N) is 1. The van der Waals surface area contributed by atoms with E-state index in [-0.39, 0.29) is 12.0 Å². The molecule has 2 rings (SSSR count). The monoisotopic (exact) mass is 267 g/mol. The van der Waals surface area contributed by atoms with E-state index in [1.165, 1.54) is 18.2 Å². The Morgan fingerprint density at radius 1 is 1.00 bits per heavy atom. The van der Waals surface area contributed by atoms with Crippen LogP contribution in [0.15, 0.2) is 42.5 Å². The fourth-order valence-corrected chi connectivity index (χ4v) is 2.11. The van der Waals surface area contributed by atoms with Gasteiger partial charge < -0.3 is 5.73 Å². The van der Waals surface area contributed by atoms with Crippen molar-refractivity contribution in [3.63, 3.8) is 0 Å². The molecular weight excluding hydrogens is 256 g/mol. The van der Waals surface area contributed by atoms with E-state index in [1.807, 2.05) is 0 Å². The maximum absolute atomic E-state index is 13.5. The molecule has 0 radical (unpaired) electrons. The van der Waals surface area contributed by atoms with Crippen LogP contribution >= 0.6 is 11.6 Å². The van der Waals surface area contributed by atoms with Crippen molar-refractivity contribution in [3.05, 3.63) is 70.2 Å². The lowest BCUT2D eigenvalue weighted by atomic mass is 9.99. The van der Waals surface area contributed by atoms with Gasteiger partial charge in [-0.05, 0) is 30.2 Å². The summed E-state index contributed by atoms with van der Waals surface area (Å²) in [5.74, 6) is -1.17. The third-order valence-electron chi connectivity index (χ3n) is 2.79. The molecule has 0 aliphatic carbocycles. The first-order chi connectivity index (χ1) is 8.59. The molecule has 18 heavy (non-hydrogen) atoms. The van der Waals surface area contributed by atoms with E-state index in [9.17, 15) is 8.78 Å². The van der Waals surface area contributed by atoms with Crippen molar-refractivity contribution in [2.45, 2.75) is 12.5 Å². The van der Waals surface area contributed by atoms with Gasteiger partial charge in [0.15, 0.2) is 0 Å². The highest BCUT2D eigenvalue weighted by molar-refractivity contribution is 6.31. The zero-order valence-corrected chi connectivity index (χ0v) is 10.3. The van der Waals surface area contributed by atoms with Crippen LogP contribution in [0.4, 0.5) is 8.78 Å². The zero-order valence-electron chi connectivity index (χ0n) is 9.54. The minimum Gasteiger partial charge on any atom is -0.324 e. The first kappa shape index (κ1) is 13.0. The minimum absolute atomic E-state index is 0.00933. The molecule has 0 amide bonds. The molecule has 94 valence electrons. The van der Waals surface area contributed by atoms with Crippen molar-refractivity contribution in [2.75, 3.05) is 0 Å². The molecule has 1 unspecified atom stereocenters. The Bertz CT molecular complexity index is 537. The summed E-state index contributed by atoms with van der Waals surface area (Å²) < 4.78 is 27.0. The van der Waals surface area contributed by atoms with Crippen LogP contribution in [0.2, 0.25) is 5.02 Å². The second kappa shape index (κ2) is 5.46. The first-order valence-electron chi connectivity index (χ1n) is 5.52. The zero-order chi connectivity index (χ0) is 13.1. The molecule has 0 saturated heterocycles. The summed E-state index contributed by atoms with van der Waals surface area (Å²) in [6, 6.07) is 10.3. The van der Waals surface area contributed by atoms with E-state index >= 15 is 0 Å². The molecule has 0 spiro atoms. The topological polar surface area (TPSA) is 26.0 Å². The van der Waals surface area contributed by atoms with Gasteiger partial charge in [0, 0.05) is 16.6 Å². The van der Waals surface area contributed by atoms with Crippen molar-refractivity contribution in [1.82, 2.24) is 0 Å². The summed E-state index contributed by atoms with van der Waals surface area (Å²) in [5.41, 5.74) is 6.62. The van der Waals surface area contributed by atoms with Crippen molar-refractivity contribution >= 4 is 11.6 Å². The Kier molecular flexibility index (Phi) is 3.94. The van der Waals surface area contributed by atoms with Crippen LogP contribution in [0.1, 0.15) is 17.2 Å². The molecule has 1 nitrogen and oxygen atoms in total. The lowest BCUT2D eigenvalue weighted by molar-refractivity contribution is 0.540. The Hall–Kier alpha value is -1.45. The normalized spacial score (nSPS) is 12.4. The van der Waals surface area contributed by atoms with Gasteiger partial charge in [0.1, 0.15) is 11.6 Å². The molecule has 0 fully saturated rings.